The van der Waals surface area contributed by atoms with E-state index in [0.29, 0.717) is 7.14 Å². The van der Waals surface area contributed by atoms with Gasteiger partial charge in [-0.25, -0.2) is 0 Å². The van der Waals surface area contributed by atoms with Gasteiger partial charge in [-0.05, 0) is 64.2 Å². The third kappa shape index (κ3) is 4.05. The summed E-state index contributed by atoms with van der Waals surface area (Å²) < 4.78 is 2.93. The highest BCUT2D eigenvalue weighted by atomic mass is 127. The van der Waals surface area contributed by atoms with Crippen LogP contribution >= 0.6 is 45.2 Å². The Hall–Kier alpha value is -0.900. The van der Waals surface area contributed by atoms with E-state index in [2.05, 4.69) is 5.32 Å². The van der Waals surface area contributed by atoms with Crippen LogP contribution in [-0.4, -0.2) is 10.5 Å². The van der Waals surface area contributed by atoms with Crippen molar-refractivity contribution in [1.82, 2.24) is 4.57 Å². The first-order valence-corrected chi connectivity index (χ1v) is 8.03. The lowest BCUT2D eigenvalue weighted by molar-refractivity contribution is -0.116. The molecule has 0 saturated carbocycles. The van der Waals surface area contributed by atoms with Crippen molar-refractivity contribution in [3.8, 4) is 0 Å². The summed E-state index contributed by atoms with van der Waals surface area (Å²) in [6.45, 7) is 2.18. The molecular formula is C14H12I2N2O2. The Labute approximate surface area is 143 Å². The molecule has 0 saturated heterocycles. The number of halogens is 2. The highest BCUT2D eigenvalue weighted by Gasteiger charge is 2.07. The number of pyridine rings is 1. The summed E-state index contributed by atoms with van der Waals surface area (Å²) >= 11 is 3.96. The van der Waals surface area contributed by atoms with Crippen LogP contribution in [0.15, 0.2) is 41.5 Å². The topological polar surface area (TPSA) is 51.1 Å². The van der Waals surface area contributed by atoms with Gasteiger partial charge >= 0.3 is 0 Å². The maximum atomic E-state index is 12.0. The summed E-state index contributed by atoms with van der Waals surface area (Å²) in [5.74, 6) is -0.121. The third-order valence-corrected chi connectivity index (χ3v) is 4.19. The molecule has 1 amide bonds. The maximum absolute atomic E-state index is 12.0. The number of nitrogens with one attached hydrogen (secondary N) is 1. The Kier molecular flexibility index (Phi) is 5.19. The van der Waals surface area contributed by atoms with Gasteiger partial charge in [0.1, 0.15) is 6.54 Å². The molecule has 1 aromatic carbocycles. The van der Waals surface area contributed by atoms with Crippen LogP contribution in [0.25, 0.3) is 0 Å². The summed E-state index contributed by atoms with van der Waals surface area (Å²) in [5, 5.41) is 2.83. The van der Waals surface area contributed by atoms with Crippen LogP contribution < -0.4 is 10.7 Å². The molecule has 104 valence electrons. The highest BCUT2D eigenvalue weighted by molar-refractivity contribution is 14.1. The largest absolute Gasteiger partial charge is 0.343 e. The van der Waals surface area contributed by atoms with Gasteiger partial charge in [-0.2, -0.15) is 0 Å². The van der Waals surface area contributed by atoms with Crippen molar-refractivity contribution in [2.24, 2.45) is 0 Å². The van der Waals surface area contributed by atoms with Gasteiger partial charge < -0.3 is 9.88 Å². The van der Waals surface area contributed by atoms with Crippen LogP contribution in [0.5, 0.6) is 0 Å². The van der Waals surface area contributed by atoms with Crippen molar-refractivity contribution >= 4 is 56.8 Å². The Morgan fingerprint density at radius 1 is 1.15 bits per heavy atom. The van der Waals surface area contributed by atoms with Gasteiger partial charge in [-0.15, -0.1) is 0 Å². The predicted octanol–water partition coefficient (Wildman–Crippen LogP) is 3.00. The summed E-state index contributed by atoms with van der Waals surface area (Å²) in [5.41, 5.74) is 1.92. The number of hydrogen-bond acceptors (Lipinski definition) is 2. The van der Waals surface area contributed by atoms with Crippen molar-refractivity contribution in [3.05, 3.63) is 59.6 Å². The van der Waals surface area contributed by atoms with Gasteiger partial charge in [0.2, 0.25) is 11.3 Å². The average Bonchev–Trinajstić information content (AvgIpc) is 2.38. The minimum absolute atomic E-state index is 0.00129. The fourth-order valence-electron chi connectivity index (χ4n) is 1.65. The van der Waals surface area contributed by atoms with E-state index in [1.165, 1.54) is 0 Å². The van der Waals surface area contributed by atoms with Crippen LogP contribution in [0.4, 0.5) is 5.69 Å². The molecule has 6 heteroatoms. The normalized spacial score (nSPS) is 10.3. The standard InChI is InChI=1S/C14H12I2N2O2/c1-9-2-4-10(5-3-9)17-13(19)8-18-6-11(15)14(20)12(16)7-18/h2-7H,8H2,1H3,(H,17,19). The van der Waals surface area contributed by atoms with Crippen LogP contribution in [0.1, 0.15) is 5.56 Å². The Bertz CT molecular complexity index is 667. The summed E-state index contributed by atoms with van der Waals surface area (Å²) in [6.07, 6.45) is 3.36. The molecule has 0 bridgehead atoms. The average molecular weight is 494 g/mol. The number of rotatable bonds is 3. The molecule has 0 aliphatic heterocycles. The molecule has 0 spiro atoms. The summed E-state index contributed by atoms with van der Waals surface area (Å²) in [7, 11) is 0. The summed E-state index contributed by atoms with van der Waals surface area (Å²) in [6, 6.07) is 7.63. The zero-order valence-corrected chi connectivity index (χ0v) is 15.0. The molecule has 0 aliphatic carbocycles. The number of carbonyl (C=O) groups excluding carboxylic acids is 1. The molecule has 0 fully saturated rings. The molecular weight excluding hydrogens is 482 g/mol. The first-order chi connectivity index (χ1) is 9.45. The quantitative estimate of drug-likeness (QED) is 0.668. The molecule has 1 aromatic heterocycles. The second-order valence-corrected chi connectivity index (χ2v) is 6.69. The highest BCUT2D eigenvalue weighted by Crippen LogP contribution is 2.09. The molecule has 4 nitrogen and oxygen atoms in total. The minimum atomic E-state index is -0.121. The number of amides is 1. The monoisotopic (exact) mass is 494 g/mol. The van der Waals surface area contributed by atoms with E-state index in [9.17, 15) is 9.59 Å². The molecule has 1 heterocycles. The van der Waals surface area contributed by atoms with Gasteiger partial charge in [0.25, 0.3) is 0 Å². The van der Waals surface area contributed by atoms with Crippen LogP contribution in [0, 0.1) is 14.1 Å². The molecule has 0 unspecified atom stereocenters. The Balaban J connectivity index is 2.08. The Morgan fingerprint density at radius 3 is 2.25 bits per heavy atom. The lowest BCUT2D eigenvalue weighted by atomic mass is 10.2. The van der Waals surface area contributed by atoms with Gasteiger partial charge in [0.05, 0.1) is 7.14 Å². The number of nitrogens with zero attached hydrogens (tertiary/aromatic N) is 1. The van der Waals surface area contributed by atoms with E-state index >= 15 is 0 Å². The van der Waals surface area contributed by atoms with Gasteiger partial charge in [-0.1, -0.05) is 17.7 Å². The van der Waals surface area contributed by atoms with Crippen molar-refractivity contribution in [2.75, 3.05) is 5.32 Å². The van der Waals surface area contributed by atoms with Crippen LogP contribution in [0.2, 0.25) is 0 Å². The first-order valence-electron chi connectivity index (χ1n) is 5.87. The smallest absolute Gasteiger partial charge is 0.244 e. The van der Waals surface area contributed by atoms with Gasteiger partial charge in [-0.3, -0.25) is 9.59 Å². The minimum Gasteiger partial charge on any atom is -0.343 e. The molecule has 2 aromatic rings. The first kappa shape index (κ1) is 15.5. The van der Waals surface area contributed by atoms with Crippen LogP contribution in [-0.2, 0) is 11.3 Å². The van der Waals surface area contributed by atoms with Gasteiger partial charge in [0, 0.05) is 18.1 Å². The van der Waals surface area contributed by atoms with Crippen molar-refractivity contribution < 1.29 is 4.79 Å². The number of carbonyl (C=O) groups is 1. The van der Waals surface area contributed by atoms with E-state index < -0.39 is 0 Å². The van der Waals surface area contributed by atoms with Crippen molar-refractivity contribution in [2.45, 2.75) is 13.5 Å². The van der Waals surface area contributed by atoms with E-state index in [1.807, 2.05) is 76.4 Å². The lowest BCUT2D eigenvalue weighted by Crippen LogP contribution is -2.21. The molecule has 0 radical (unpaired) electrons. The number of anilines is 1. The summed E-state index contributed by atoms with van der Waals surface area (Å²) in [4.78, 5) is 23.6. The molecule has 20 heavy (non-hydrogen) atoms. The Morgan fingerprint density at radius 2 is 1.70 bits per heavy atom. The number of hydrogen-bond donors (Lipinski definition) is 1. The number of benzene rings is 1. The van der Waals surface area contributed by atoms with Crippen LogP contribution in [0.3, 0.4) is 0 Å². The zero-order valence-electron chi connectivity index (χ0n) is 10.7. The van der Waals surface area contributed by atoms with E-state index in [0.717, 1.165) is 11.3 Å². The lowest BCUT2D eigenvalue weighted by Gasteiger charge is -2.09. The van der Waals surface area contributed by atoms with Gasteiger partial charge in [0.15, 0.2) is 0 Å². The molecule has 2 rings (SSSR count). The third-order valence-electron chi connectivity index (χ3n) is 2.65. The molecule has 0 atom stereocenters. The van der Waals surface area contributed by atoms with E-state index in [-0.39, 0.29) is 17.9 Å². The zero-order chi connectivity index (χ0) is 14.7. The predicted molar refractivity (Wildman–Crippen MR) is 95.9 cm³/mol. The maximum Gasteiger partial charge on any atom is 0.244 e. The second kappa shape index (κ2) is 6.70. The fourth-order valence-corrected chi connectivity index (χ4v) is 3.47. The fraction of sp³-hybridized carbons (Fsp3) is 0.143. The second-order valence-electron chi connectivity index (χ2n) is 4.37. The van der Waals surface area contributed by atoms with Crippen molar-refractivity contribution in [1.29, 1.82) is 0 Å². The molecule has 1 N–H and O–H groups in total. The van der Waals surface area contributed by atoms with Crippen molar-refractivity contribution in [3.63, 3.8) is 0 Å². The van der Waals surface area contributed by atoms with E-state index in [4.69, 9.17) is 0 Å². The SMILES string of the molecule is Cc1ccc(NC(=O)Cn2cc(I)c(=O)c(I)c2)cc1. The van der Waals surface area contributed by atoms with E-state index in [1.54, 1.807) is 17.0 Å². The number of aryl methyl sites for hydroxylation is 1. The number of aromatic nitrogens is 1. The molecule has 0 aliphatic rings.